The molecule has 0 aliphatic heterocycles. The number of halogens is 1. The maximum atomic E-state index is 11.5. The van der Waals surface area contributed by atoms with Gasteiger partial charge in [-0.15, -0.1) is 0 Å². The van der Waals surface area contributed by atoms with E-state index >= 15 is 0 Å². The molecule has 7 heteroatoms. The highest BCUT2D eigenvalue weighted by Gasteiger charge is 2.09. The van der Waals surface area contributed by atoms with Crippen molar-refractivity contribution >= 4 is 23.3 Å². The zero-order valence-corrected chi connectivity index (χ0v) is 8.19. The van der Waals surface area contributed by atoms with Crippen molar-refractivity contribution in [3.05, 3.63) is 35.2 Å². The molecule has 0 fully saturated rings. The minimum Gasteiger partial charge on any atom is -0.305 e. The number of nitrogens with zero attached hydrogens (tertiary/aromatic N) is 3. The number of aromatic amines is 1. The molecular formula is C8H6ClN5O. The fraction of sp³-hybridized carbons (Fsp3) is 0. The van der Waals surface area contributed by atoms with Gasteiger partial charge in [-0.2, -0.15) is 15.4 Å². The van der Waals surface area contributed by atoms with Crippen LogP contribution in [0.25, 0.3) is 0 Å². The minimum absolute atomic E-state index is 0.191. The molecule has 1 amide bonds. The molecule has 0 aliphatic carbocycles. The number of rotatable bonds is 2. The second-order valence-corrected chi connectivity index (χ2v) is 3.04. The van der Waals surface area contributed by atoms with Crippen molar-refractivity contribution in [2.45, 2.75) is 0 Å². The molecule has 0 radical (unpaired) electrons. The van der Waals surface area contributed by atoms with Crippen LogP contribution in [-0.4, -0.2) is 26.3 Å². The molecule has 0 atom stereocenters. The monoisotopic (exact) mass is 223 g/mol. The smallest absolute Gasteiger partial charge is 0.278 e. The number of hydrogen-bond acceptors (Lipinski definition) is 4. The second kappa shape index (κ2) is 4.05. The first-order valence-corrected chi connectivity index (χ1v) is 4.43. The van der Waals surface area contributed by atoms with Crippen molar-refractivity contribution in [1.82, 2.24) is 20.4 Å². The van der Waals surface area contributed by atoms with Gasteiger partial charge in [0.15, 0.2) is 5.69 Å². The Labute approximate surface area is 89.7 Å². The van der Waals surface area contributed by atoms with Crippen LogP contribution < -0.4 is 5.32 Å². The van der Waals surface area contributed by atoms with Gasteiger partial charge in [0.25, 0.3) is 5.91 Å². The third-order valence-electron chi connectivity index (χ3n) is 1.60. The number of H-pyrrole nitrogens is 1. The lowest BCUT2D eigenvalue weighted by Gasteiger charge is -2.01. The summed E-state index contributed by atoms with van der Waals surface area (Å²) in [6, 6.07) is 4.94. The molecule has 15 heavy (non-hydrogen) atoms. The van der Waals surface area contributed by atoms with E-state index in [0.717, 1.165) is 0 Å². The van der Waals surface area contributed by atoms with Gasteiger partial charge in [-0.3, -0.25) is 4.79 Å². The first-order chi connectivity index (χ1) is 7.25. The maximum absolute atomic E-state index is 11.5. The topological polar surface area (TPSA) is 83.6 Å². The van der Waals surface area contributed by atoms with E-state index in [1.54, 1.807) is 18.2 Å². The van der Waals surface area contributed by atoms with E-state index in [2.05, 4.69) is 25.7 Å². The average Bonchev–Trinajstić information content (AvgIpc) is 2.70. The third-order valence-corrected chi connectivity index (χ3v) is 1.81. The Balaban J connectivity index is 2.13. The van der Waals surface area contributed by atoms with Gasteiger partial charge in [0.05, 0.1) is 6.20 Å². The van der Waals surface area contributed by atoms with Crippen molar-refractivity contribution < 1.29 is 4.79 Å². The van der Waals surface area contributed by atoms with Crippen molar-refractivity contribution in [2.24, 2.45) is 0 Å². The molecule has 0 unspecified atom stereocenters. The fourth-order valence-electron chi connectivity index (χ4n) is 0.969. The predicted octanol–water partition coefficient (Wildman–Crippen LogP) is 1.11. The quantitative estimate of drug-likeness (QED) is 0.747. The van der Waals surface area contributed by atoms with E-state index in [0.29, 0.717) is 11.0 Å². The molecule has 2 heterocycles. The van der Waals surface area contributed by atoms with Crippen LogP contribution in [0.5, 0.6) is 0 Å². The van der Waals surface area contributed by atoms with Gasteiger partial charge in [0.2, 0.25) is 0 Å². The summed E-state index contributed by atoms with van der Waals surface area (Å²) in [5.41, 5.74) is 0.191. The van der Waals surface area contributed by atoms with E-state index in [1.165, 1.54) is 6.20 Å². The van der Waals surface area contributed by atoms with Crippen LogP contribution in [0.15, 0.2) is 24.4 Å². The summed E-state index contributed by atoms with van der Waals surface area (Å²) in [5.74, 6) is -0.0194. The van der Waals surface area contributed by atoms with Crippen LogP contribution in [0.2, 0.25) is 5.15 Å². The Kier molecular flexibility index (Phi) is 2.59. The third kappa shape index (κ3) is 2.29. The number of nitrogens with one attached hydrogen (secondary N) is 2. The Morgan fingerprint density at radius 2 is 2.33 bits per heavy atom. The first kappa shape index (κ1) is 9.60. The average molecular weight is 224 g/mol. The highest BCUT2D eigenvalue weighted by Crippen LogP contribution is 2.09. The summed E-state index contributed by atoms with van der Waals surface area (Å²) in [5, 5.41) is 12.3. The molecule has 0 saturated carbocycles. The molecular weight excluding hydrogens is 218 g/mol. The largest absolute Gasteiger partial charge is 0.305 e. The van der Waals surface area contributed by atoms with E-state index in [1.807, 2.05) is 0 Å². The summed E-state index contributed by atoms with van der Waals surface area (Å²) < 4.78 is 0. The van der Waals surface area contributed by atoms with Gasteiger partial charge >= 0.3 is 0 Å². The van der Waals surface area contributed by atoms with Crippen LogP contribution in [0, 0.1) is 0 Å². The van der Waals surface area contributed by atoms with Gasteiger partial charge in [-0.05, 0) is 12.1 Å². The van der Waals surface area contributed by atoms with E-state index in [9.17, 15) is 4.79 Å². The lowest BCUT2D eigenvalue weighted by Crippen LogP contribution is -2.13. The van der Waals surface area contributed by atoms with Gasteiger partial charge in [0, 0.05) is 0 Å². The maximum Gasteiger partial charge on any atom is 0.278 e. The highest BCUT2D eigenvalue weighted by molar-refractivity contribution is 6.29. The molecule has 2 aromatic rings. The number of carbonyl (C=O) groups is 1. The molecule has 0 spiro atoms. The van der Waals surface area contributed by atoms with Crippen LogP contribution in [0.4, 0.5) is 5.82 Å². The Hall–Kier alpha value is -1.95. The van der Waals surface area contributed by atoms with Crippen molar-refractivity contribution in [3.8, 4) is 0 Å². The fourth-order valence-corrected chi connectivity index (χ4v) is 1.13. The van der Waals surface area contributed by atoms with Crippen molar-refractivity contribution in [1.29, 1.82) is 0 Å². The molecule has 0 saturated heterocycles. The summed E-state index contributed by atoms with van der Waals surface area (Å²) in [4.78, 5) is 15.4. The Morgan fingerprint density at radius 3 is 3.00 bits per heavy atom. The van der Waals surface area contributed by atoms with Gasteiger partial charge in [-0.25, -0.2) is 4.98 Å². The molecule has 2 N–H and O–H groups in total. The number of hydrogen-bond donors (Lipinski definition) is 2. The molecule has 0 aliphatic rings. The van der Waals surface area contributed by atoms with Crippen LogP contribution in [0.1, 0.15) is 10.5 Å². The summed E-state index contributed by atoms with van der Waals surface area (Å²) in [6.45, 7) is 0. The van der Waals surface area contributed by atoms with Gasteiger partial charge < -0.3 is 5.32 Å². The Morgan fingerprint density at radius 1 is 1.47 bits per heavy atom. The van der Waals surface area contributed by atoms with E-state index < -0.39 is 5.91 Å². The van der Waals surface area contributed by atoms with Crippen LogP contribution in [-0.2, 0) is 0 Å². The summed E-state index contributed by atoms with van der Waals surface area (Å²) in [6.07, 6.45) is 1.32. The molecule has 6 nitrogen and oxygen atoms in total. The Bertz CT molecular complexity index is 470. The molecule has 2 rings (SSSR count). The zero-order chi connectivity index (χ0) is 10.7. The van der Waals surface area contributed by atoms with E-state index in [4.69, 9.17) is 11.6 Å². The normalized spacial score (nSPS) is 9.93. The van der Waals surface area contributed by atoms with Gasteiger partial charge in [-0.1, -0.05) is 17.7 Å². The lowest BCUT2D eigenvalue weighted by atomic mass is 10.4. The van der Waals surface area contributed by atoms with E-state index in [-0.39, 0.29) is 5.69 Å². The van der Waals surface area contributed by atoms with Crippen LogP contribution >= 0.6 is 11.6 Å². The highest BCUT2D eigenvalue weighted by atomic mass is 35.5. The minimum atomic E-state index is -0.390. The number of pyridine rings is 1. The van der Waals surface area contributed by atoms with Crippen molar-refractivity contribution in [2.75, 3.05) is 5.32 Å². The number of carbonyl (C=O) groups excluding carboxylic acids is 1. The van der Waals surface area contributed by atoms with Crippen LogP contribution in [0.3, 0.4) is 0 Å². The van der Waals surface area contributed by atoms with Crippen molar-refractivity contribution in [3.63, 3.8) is 0 Å². The molecule has 0 aromatic carbocycles. The predicted molar refractivity (Wildman–Crippen MR) is 53.6 cm³/mol. The number of amides is 1. The summed E-state index contributed by atoms with van der Waals surface area (Å²) in [7, 11) is 0. The van der Waals surface area contributed by atoms with Gasteiger partial charge in [0.1, 0.15) is 11.0 Å². The molecule has 2 aromatic heterocycles. The summed E-state index contributed by atoms with van der Waals surface area (Å²) >= 11 is 5.66. The SMILES string of the molecule is O=C(Nc1cccc(Cl)n1)c1cn[nH]n1. The first-order valence-electron chi connectivity index (χ1n) is 4.05. The number of anilines is 1. The molecule has 76 valence electrons. The molecule has 0 bridgehead atoms. The second-order valence-electron chi connectivity index (χ2n) is 2.65. The zero-order valence-electron chi connectivity index (χ0n) is 7.44. The number of aromatic nitrogens is 4. The lowest BCUT2D eigenvalue weighted by molar-refractivity contribution is 0.102. The standard InChI is InChI=1S/C8H6ClN5O/c9-6-2-1-3-7(11-6)12-8(15)5-4-10-14-13-5/h1-4H,(H,10,13,14)(H,11,12,15).